The Balaban J connectivity index is 2.56. The van der Waals surface area contributed by atoms with Crippen LogP contribution in [0.15, 0.2) is 24.3 Å². The highest BCUT2D eigenvalue weighted by Crippen LogP contribution is 2.13. The first-order valence-electron chi connectivity index (χ1n) is 7.56. The molecular formula is C17H24N2O5. The van der Waals surface area contributed by atoms with Crippen LogP contribution in [0.25, 0.3) is 0 Å². The van der Waals surface area contributed by atoms with Gasteiger partial charge in [-0.25, -0.2) is 4.79 Å². The smallest absolute Gasteiger partial charge is 0.334 e. The van der Waals surface area contributed by atoms with Crippen molar-refractivity contribution in [1.82, 2.24) is 10.6 Å². The van der Waals surface area contributed by atoms with Crippen molar-refractivity contribution in [1.29, 1.82) is 0 Å². The monoisotopic (exact) mass is 336 g/mol. The molecule has 0 fully saturated rings. The number of carboxylic acids is 1. The molecule has 0 saturated carbocycles. The van der Waals surface area contributed by atoms with Crippen molar-refractivity contribution < 1.29 is 24.2 Å². The third kappa shape index (κ3) is 6.00. The molecule has 0 aliphatic heterocycles. The molecule has 0 bridgehead atoms. The lowest BCUT2D eigenvalue weighted by Gasteiger charge is -2.17. The lowest BCUT2D eigenvalue weighted by atomic mass is 9.95. The predicted molar refractivity (Wildman–Crippen MR) is 88.5 cm³/mol. The molecule has 24 heavy (non-hydrogen) atoms. The molecule has 0 saturated heterocycles. The highest BCUT2D eigenvalue weighted by atomic mass is 16.5. The fraction of sp³-hybridized carbons (Fsp3) is 0.471. The van der Waals surface area contributed by atoms with Crippen LogP contribution >= 0.6 is 0 Å². The molecular weight excluding hydrogens is 312 g/mol. The Morgan fingerprint density at radius 2 is 1.71 bits per heavy atom. The van der Waals surface area contributed by atoms with E-state index in [4.69, 9.17) is 9.84 Å². The fourth-order valence-corrected chi connectivity index (χ4v) is 1.78. The minimum absolute atomic E-state index is 0.0522. The highest BCUT2D eigenvalue weighted by Gasteiger charge is 2.20. The Labute approximate surface area is 141 Å². The molecule has 0 aliphatic carbocycles. The number of benzene rings is 1. The van der Waals surface area contributed by atoms with Crippen LogP contribution in [0.5, 0.6) is 0 Å². The number of aliphatic carboxylic acids is 1. The number of rotatable bonds is 7. The topological polar surface area (TPSA) is 105 Å². The van der Waals surface area contributed by atoms with Gasteiger partial charge in [0.25, 0.3) is 5.91 Å². The molecule has 132 valence electrons. The van der Waals surface area contributed by atoms with E-state index in [-0.39, 0.29) is 18.4 Å². The third-order valence-electron chi connectivity index (χ3n) is 3.36. The second-order valence-corrected chi connectivity index (χ2v) is 6.40. The number of carboxylic acid groups (broad SMARTS) is 1. The minimum atomic E-state index is -1.14. The van der Waals surface area contributed by atoms with Crippen molar-refractivity contribution in [3.8, 4) is 0 Å². The molecule has 1 rings (SSSR count). The number of methoxy groups -OCH3 is 1. The Kier molecular flexibility index (Phi) is 6.91. The van der Waals surface area contributed by atoms with Crippen molar-refractivity contribution in [3.05, 3.63) is 35.4 Å². The predicted octanol–water partition coefficient (Wildman–Crippen LogP) is 1.18. The molecule has 1 aromatic rings. The van der Waals surface area contributed by atoms with Gasteiger partial charge in [-0.2, -0.15) is 0 Å². The van der Waals surface area contributed by atoms with E-state index in [1.54, 1.807) is 24.3 Å². The summed E-state index contributed by atoms with van der Waals surface area (Å²) >= 11 is 0. The van der Waals surface area contributed by atoms with E-state index in [1.165, 1.54) is 7.11 Å². The lowest BCUT2D eigenvalue weighted by Crippen LogP contribution is -2.37. The second kappa shape index (κ2) is 8.44. The molecule has 0 spiro atoms. The molecule has 0 aromatic heterocycles. The summed E-state index contributed by atoms with van der Waals surface area (Å²) in [6.07, 6.45) is -1.08. The van der Waals surface area contributed by atoms with Crippen molar-refractivity contribution in [2.45, 2.75) is 33.4 Å². The molecule has 7 heteroatoms. The molecule has 1 aromatic carbocycles. The van der Waals surface area contributed by atoms with E-state index in [1.807, 2.05) is 20.8 Å². The number of carbonyl (C=O) groups is 3. The number of hydrogen-bond acceptors (Lipinski definition) is 4. The molecule has 0 heterocycles. The normalized spacial score (nSPS) is 12.3. The summed E-state index contributed by atoms with van der Waals surface area (Å²) in [6, 6.07) is 6.72. The van der Waals surface area contributed by atoms with Crippen molar-refractivity contribution >= 4 is 17.8 Å². The average molecular weight is 336 g/mol. The van der Waals surface area contributed by atoms with Crippen molar-refractivity contribution in [3.63, 3.8) is 0 Å². The summed E-state index contributed by atoms with van der Waals surface area (Å²) in [5.74, 6) is -1.57. The zero-order valence-electron chi connectivity index (χ0n) is 14.4. The van der Waals surface area contributed by atoms with Gasteiger partial charge in [-0.05, 0) is 17.7 Å². The Hall–Kier alpha value is -2.41. The quantitative estimate of drug-likeness (QED) is 0.693. The van der Waals surface area contributed by atoms with Gasteiger partial charge in [-0.3, -0.25) is 9.59 Å². The zero-order valence-corrected chi connectivity index (χ0v) is 14.4. The SMILES string of the molecule is COC(CNC(=O)c1ccc(CNC(=O)C(C)(C)C)cc1)C(=O)O. The van der Waals surface area contributed by atoms with Gasteiger partial charge in [0.05, 0.1) is 6.54 Å². The molecule has 1 atom stereocenters. The first kappa shape index (κ1) is 19.6. The van der Waals surface area contributed by atoms with Crippen LogP contribution in [-0.4, -0.2) is 42.6 Å². The average Bonchev–Trinajstić information content (AvgIpc) is 2.52. The van der Waals surface area contributed by atoms with Crippen molar-refractivity contribution in [2.75, 3.05) is 13.7 Å². The van der Waals surface area contributed by atoms with E-state index >= 15 is 0 Å². The standard InChI is InChI=1S/C17H24N2O5/c1-17(2,3)16(23)19-9-11-5-7-12(8-6-11)14(20)18-10-13(24-4)15(21)22/h5-8,13H,9-10H2,1-4H3,(H,18,20)(H,19,23)(H,21,22). The summed E-state index contributed by atoms with van der Waals surface area (Å²) in [4.78, 5) is 34.6. The first-order chi connectivity index (χ1) is 11.1. The summed E-state index contributed by atoms with van der Waals surface area (Å²) in [7, 11) is 1.27. The van der Waals surface area contributed by atoms with Crippen LogP contribution in [0.2, 0.25) is 0 Å². The van der Waals surface area contributed by atoms with Gasteiger partial charge in [0.15, 0.2) is 6.10 Å². The summed E-state index contributed by atoms with van der Waals surface area (Å²) in [6.45, 7) is 5.76. The van der Waals surface area contributed by atoms with Gasteiger partial charge in [-0.1, -0.05) is 32.9 Å². The molecule has 0 aliphatic rings. The maximum atomic E-state index is 12.0. The molecule has 0 radical (unpaired) electrons. The second-order valence-electron chi connectivity index (χ2n) is 6.40. The summed E-state index contributed by atoms with van der Waals surface area (Å²) in [5, 5.41) is 14.2. The Bertz CT molecular complexity index is 590. The van der Waals surface area contributed by atoms with E-state index in [0.29, 0.717) is 12.1 Å². The number of ether oxygens (including phenoxy) is 1. The van der Waals surface area contributed by atoms with Gasteiger partial charge in [0.1, 0.15) is 0 Å². The number of carbonyl (C=O) groups excluding carboxylic acids is 2. The van der Waals surface area contributed by atoms with E-state index in [0.717, 1.165) is 5.56 Å². The Morgan fingerprint density at radius 3 is 2.17 bits per heavy atom. The van der Waals surface area contributed by atoms with Gasteiger partial charge < -0.3 is 20.5 Å². The number of nitrogens with one attached hydrogen (secondary N) is 2. The summed E-state index contributed by atoms with van der Waals surface area (Å²) < 4.78 is 4.74. The van der Waals surface area contributed by atoms with Gasteiger partial charge >= 0.3 is 5.97 Å². The van der Waals surface area contributed by atoms with Crippen LogP contribution in [0.3, 0.4) is 0 Å². The van der Waals surface area contributed by atoms with Gasteiger partial charge in [-0.15, -0.1) is 0 Å². The molecule has 2 amide bonds. The van der Waals surface area contributed by atoms with Crippen LogP contribution in [0.1, 0.15) is 36.7 Å². The molecule has 3 N–H and O–H groups in total. The van der Waals surface area contributed by atoms with Gasteiger partial charge in [0, 0.05) is 24.6 Å². The largest absolute Gasteiger partial charge is 0.479 e. The van der Waals surface area contributed by atoms with Crippen molar-refractivity contribution in [2.24, 2.45) is 5.41 Å². The molecule has 1 unspecified atom stereocenters. The van der Waals surface area contributed by atoms with Crippen LogP contribution in [-0.2, 0) is 20.9 Å². The summed E-state index contributed by atoms with van der Waals surface area (Å²) in [5.41, 5.74) is 0.813. The van der Waals surface area contributed by atoms with E-state index < -0.39 is 17.5 Å². The van der Waals surface area contributed by atoms with E-state index in [2.05, 4.69) is 10.6 Å². The van der Waals surface area contributed by atoms with Crippen LogP contribution in [0, 0.1) is 5.41 Å². The maximum absolute atomic E-state index is 12.0. The number of amides is 2. The van der Waals surface area contributed by atoms with Gasteiger partial charge in [0.2, 0.25) is 5.91 Å². The highest BCUT2D eigenvalue weighted by molar-refractivity contribution is 5.94. The van der Waals surface area contributed by atoms with Crippen LogP contribution < -0.4 is 10.6 Å². The third-order valence-corrected chi connectivity index (χ3v) is 3.36. The number of hydrogen-bond donors (Lipinski definition) is 3. The minimum Gasteiger partial charge on any atom is -0.479 e. The zero-order chi connectivity index (χ0) is 18.3. The maximum Gasteiger partial charge on any atom is 0.334 e. The molecule has 7 nitrogen and oxygen atoms in total. The lowest BCUT2D eigenvalue weighted by molar-refractivity contribution is -0.148. The first-order valence-corrected chi connectivity index (χ1v) is 7.56. The van der Waals surface area contributed by atoms with E-state index in [9.17, 15) is 14.4 Å². The van der Waals surface area contributed by atoms with Crippen LogP contribution in [0.4, 0.5) is 0 Å². The fourth-order valence-electron chi connectivity index (χ4n) is 1.78. The Morgan fingerprint density at radius 1 is 1.12 bits per heavy atom.